The van der Waals surface area contributed by atoms with E-state index in [9.17, 15) is 13.2 Å². The molecule has 1 aliphatic carbocycles. The van der Waals surface area contributed by atoms with Crippen LogP contribution >= 0.6 is 0 Å². The number of benzene rings is 1. The van der Waals surface area contributed by atoms with E-state index < -0.39 is 22.0 Å². The van der Waals surface area contributed by atoms with Crippen LogP contribution in [-0.2, 0) is 21.2 Å². The molecular formula is C20H21N3O4S. The van der Waals surface area contributed by atoms with Crippen LogP contribution in [-0.4, -0.2) is 41.4 Å². The highest BCUT2D eigenvalue weighted by Gasteiger charge is 2.37. The summed E-state index contributed by atoms with van der Waals surface area (Å²) in [6, 6.07) is 8.06. The van der Waals surface area contributed by atoms with Crippen molar-refractivity contribution in [2.24, 2.45) is 0 Å². The molecule has 1 aliphatic heterocycles. The number of piperidine rings is 1. The molecule has 2 heterocycles. The van der Waals surface area contributed by atoms with E-state index in [0.717, 1.165) is 28.7 Å². The minimum absolute atomic E-state index is 0.174. The van der Waals surface area contributed by atoms with E-state index in [1.165, 1.54) is 4.31 Å². The molecule has 7 nitrogen and oxygen atoms in total. The van der Waals surface area contributed by atoms with Gasteiger partial charge in [-0.15, -0.1) is 0 Å². The van der Waals surface area contributed by atoms with Crippen LogP contribution < -0.4 is 5.48 Å². The highest BCUT2D eigenvalue weighted by molar-refractivity contribution is 7.89. The number of aromatic nitrogens is 1. The Balaban J connectivity index is 1.63. The molecule has 0 spiro atoms. The van der Waals surface area contributed by atoms with E-state index in [4.69, 9.17) is 5.21 Å². The molecule has 2 N–H and O–H groups in total. The maximum Gasteiger partial charge on any atom is 0.261 e. The van der Waals surface area contributed by atoms with Gasteiger partial charge >= 0.3 is 0 Å². The lowest BCUT2D eigenvalue weighted by Crippen LogP contribution is -2.51. The smallest absolute Gasteiger partial charge is 0.261 e. The fourth-order valence-corrected chi connectivity index (χ4v) is 5.60. The van der Waals surface area contributed by atoms with Crippen LogP contribution in [0.5, 0.6) is 0 Å². The van der Waals surface area contributed by atoms with Gasteiger partial charge < -0.3 is 0 Å². The molecule has 2 aliphatic rings. The van der Waals surface area contributed by atoms with Gasteiger partial charge in [0.05, 0.1) is 4.90 Å². The summed E-state index contributed by atoms with van der Waals surface area (Å²) in [7, 11) is -3.84. The second-order valence-corrected chi connectivity index (χ2v) is 8.94. The van der Waals surface area contributed by atoms with Gasteiger partial charge in [-0.1, -0.05) is 18.6 Å². The molecule has 1 amide bonds. The van der Waals surface area contributed by atoms with Crippen molar-refractivity contribution in [1.82, 2.24) is 14.8 Å². The average molecular weight is 399 g/mol. The summed E-state index contributed by atoms with van der Waals surface area (Å²) in [4.78, 5) is 16.2. The van der Waals surface area contributed by atoms with Crippen molar-refractivity contribution >= 4 is 27.6 Å². The largest absolute Gasteiger partial charge is 0.289 e. The number of rotatable bonds is 4. The van der Waals surface area contributed by atoms with Crippen LogP contribution in [0.3, 0.4) is 0 Å². The number of hydroxylamine groups is 1. The molecule has 0 bridgehead atoms. The summed E-state index contributed by atoms with van der Waals surface area (Å²) in [5.41, 5.74) is 5.70. The van der Waals surface area contributed by atoms with Crippen molar-refractivity contribution in [3.63, 3.8) is 0 Å². The zero-order valence-corrected chi connectivity index (χ0v) is 16.0. The van der Waals surface area contributed by atoms with Crippen LogP contribution in [0, 0.1) is 0 Å². The van der Waals surface area contributed by atoms with Gasteiger partial charge in [-0.05, 0) is 65.8 Å². The number of carbonyl (C=O) groups is 1. The second-order valence-electron chi connectivity index (χ2n) is 7.05. The van der Waals surface area contributed by atoms with Crippen LogP contribution in [0.2, 0.25) is 0 Å². The molecular weight excluding hydrogens is 378 g/mol. The Kier molecular flexibility index (Phi) is 5.01. The number of hydrogen-bond donors (Lipinski definition) is 2. The molecule has 2 aromatic rings. The SMILES string of the molecule is O=C(NO)C1CCCCN1S(=O)(=O)c1ccc2c(c1)CC(c1ccncc1)=C2. The quantitative estimate of drug-likeness (QED) is 0.607. The zero-order valence-electron chi connectivity index (χ0n) is 15.2. The third-order valence-corrected chi connectivity index (χ3v) is 7.25. The number of sulfonamides is 1. The van der Waals surface area contributed by atoms with Crippen molar-refractivity contribution < 1.29 is 18.4 Å². The van der Waals surface area contributed by atoms with E-state index >= 15 is 0 Å². The minimum Gasteiger partial charge on any atom is -0.289 e. The van der Waals surface area contributed by atoms with Crippen LogP contribution in [0.4, 0.5) is 0 Å². The van der Waals surface area contributed by atoms with Crippen molar-refractivity contribution in [3.8, 4) is 0 Å². The van der Waals surface area contributed by atoms with Gasteiger partial charge in [-0.3, -0.25) is 15.0 Å². The van der Waals surface area contributed by atoms with Gasteiger partial charge in [0.25, 0.3) is 5.91 Å². The standard InChI is InChI=1S/C20H21N3O4S/c24-20(22-25)19-3-1-2-10-23(19)28(26,27)18-5-4-15-11-16(12-17(15)13-18)14-6-8-21-9-7-14/h4-9,11,13,19,25H,1-3,10,12H2,(H,22,24). The summed E-state index contributed by atoms with van der Waals surface area (Å²) in [5.74, 6) is -0.689. The molecule has 28 heavy (non-hydrogen) atoms. The predicted octanol–water partition coefficient (Wildman–Crippen LogP) is 2.23. The monoisotopic (exact) mass is 399 g/mol. The second kappa shape index (κ2) is 7.46. The summed E-state index contributed by atoms with van der Waals surface area (Å²) in [6.45, 7) is 0.262. The Hall–Kier alpha value is -2.55. The summed E-state index contributed by atoms with van der Waals surface area (Å²) >= 11 is 0. The molecule has 1 aromatic carbocycles. The van der Waals surface area contributed by atoms with Gasteiger partial charge in [-0.25, -0.2) is 13.9 Å². The third kappa shape index (κ3) is 3.34. The first-order valence-corrected chi connectivity index (χ1v) is 10.6. The van der Waals surface area contributed by atoms with E-state index in [1.807, 2.05) is 18.2 Å². The Morgan fingerprint density at radius 2 is 1.96 bits per heavy atom. The van der Waals surface area contributed by atoms with E-state index in [-0.39, 0.29) is 11.4 Å². The third-order valence-electron chi connectivity index (χ3n) is 5.35. The topological polar surface area (TPSA) is 99.6 Å². The number of amides is 1. The number of nitrogens with one attached hydrogen (secondary N) is 1. The summed E-state index contributed by atoms with van der Waals surface area (Å²) in [6.07, 6.45) is 7.99. The molecule has 1 fully saturated rings. The van der Waals surface area contributed by atoms with Gasteiger partial charge in [-0.2, -0.15) is 4.31 Å². The van der Waals surface area contributed by atoms with E-state index in [1.54, 1.807) is 30.0 Å². The summed E-state index contributed by atoms with van der Waals surface area (Å²) < 4.78 is 27.6. The number of carbonyl (C=O) groups excluding carboxylic acids is 1. The molecule has 0 radical (unpaired) electrons. The minimum atomic E-state index is -3.84. The lowest BCUT2D eigenvalue weighted by molar-refractivity contribution is -0.134. The lowest BCUT2D eigenvalue weighted by atomic mass is 10.0. The van der Waals surface area contributed by atoms with Crippen LogP contribution in [0.1, 0.15) is 36.0 Å². The predicted molar refractivity (Wildman–Crippen MR) is 104 cm³/mol. The van der Waals surface area contributed by atoms with Gasteiger partial charge in [0, 0.05) is 18.9 Å². The van der Waals surface area contributed by atoms with Crippen molar-refractivity contribution in [1.29, 1.82) is 0 Å². The maximum atomic E-state index is 13.2. The molecule has 1 saturated heterocycles. The molecule has 1 aromatic heterocycles. The maximum absolute atomic E-state index is 13.2. The first-order valence-electron chi connectivity index (χ1n) is 9.20. The first-order chi connectivity index (χ1) is 13.5. The van der Waals surface area contributed by atoms with E-state index in [2.05, 4.69) is 11.1 Å². The Morgan fingerprint density at radius 1 is 1.18 bits per heavy atom. The lowest BCUT2D eigenvalue weighted by Gasteiger charge is -2.33. The number of pyridine rings is 1. The number of allylic oxidation sites excluding steroid dienone is 1. The Bertz CT molecular complexity index is 1030. The molecule has 146 valence electrons. The zero-order chi connectivity index (χ0) is 19.7. The van der Waals surface area contributed by atoms with Gasteiger partial charge in [0.15, 0.2) is 0 Å². The number of hydrogen-bond acceptors (Lipinski definition) is 5. The first kappa shape index (κ1) is 18.8. The molecule has 1 unspecified atom stereocenters. The highest BCUT2D eigenvalue weighted by Crippen LogP contribution is 2.34. The van der Waals surface area contributed by atoms with Gasteiger partial charge in [0.1, 0.15) is 6.04 Å². The van der Waals surface area contributed by atoms with Crippen LogP contribution in [0.25, 0.3) is 11.6 Å². The number of fused-ring (bicyclic) bond motifs is 1. The molecule has 1 atom stereocenters. The van der Waals surface area contributed by atoms with Crippen molar-refractivity contribution in [3.05, 3.63) is 59.4 Å². The molecule has 4 rings (SSSR count). The number of nitrogens with zero attached hydrogens (tertiary/aromatic N) is 2. The fraction of sp³-hybridized carbons (Fsp3) is 0.300. The fourth-order valence-electron chi connectivity index (χ4n) is 3.90. The highest BCUT2D eigenvalue weighted by atomic mass is 32.2. The molecule has 0 saturated carbocycles. The Morgan fingerprint density at radius 3 is 2.71 bits per heavy atom. The van der Waals surface area contributed by atoms with Crippen molar-refractivity contribution in [2.75, 3.05) is 6.54 Å². The summed E-state index contributed by atoms with van der Waals surface area (Å²) in [5, 5.41) is 8.97. The molecule has 8 heteroatoms. The van der Waals surface area contributed by atoms with Crippen LogP contribution in [0.15, 0.2) is 47.6 Å². The van der Waals surface area contributed by atoms with E-state index in [0.29, 0.717) is 19.3 Å². The average Bonchev–Trinajstić information content (AvgIpc) is 3.17. The van der Waals surface area contributed by atoms with Crippen molar-refractivity contribution in [2.45, 2.75) is 36.6 Å². The normalized spacial score (nSPS) is 19.8. The Labute approximate surface area is 163 Å². The van der Waals surface area contributed by atoms with Gasteiger partial charge in [0.2, 0.25) is 10.0 Å².